The molecule has 7 heteroatoms. The first-order valence-corrected chi connectivity index (χ1v) is 6.73. The van der Waals surface area contributed by atoms with Crippen LogP contribution in [0.25, 0.3) is 22.1 Å². The predicted molar refractivity (Wildman–Crippen MR) is 73.7 cm³/mol. The summed E-state index contributed by atoms with van der Waals surface area (Å²) in [5.41, 5.74) is 1.24. The predicted octanol–water partition coefficient (Wildman–Crippen LogP) is 2.81. The van der Waals surface area contributed by atoms with E-state index in [0.717, 1.165) is 4.88 Å². The minimum atomic E-state index is -1.12. The van der Waals surface area contributed by atoms with Crippen LogP contribution in [0.1, 0.15) is 16.2 Å². The molecule has 0 saturated heterocycles. The van der Waals surface area contributed by atoms with E-state index in [4.69, 9.17) is 4.42 Å². The number of oxazole rings is 1. The van der Waals surface area contributed by atoms with E-state index in [-0.39, 0.29) is 11.5 Å². The van der Waals surface area contributed by atoms with Gasteiger partial charge in [0.05, 0.1) is 16.1 Å². The minimum Gasteiger partial charge on any atom is -0.476 e. The summed E-state index contributed by atoms with van der Waals surface area (Å²) in [7, 11) is 1.77. The summed E-state index contributed by atoms with van der Waals surface area (Å²) in [6.45, 7) is 1.80. The number of carbonyl (C=O) groups is 1. The number of hydrogen-bond donors (Lipinski definition) is 1. The normalized spacial score (nSPS) is 10.9. The lowest BCUT2D eigenvalue weighted by Gasteiger charge is -1.94. The Morgan fingerprint density at radius 1 is 1.50 bits per heavy atom. The van der Waals surface area contributed by atoms with Crippen LogP contribution in [-0.4, -0.2) is 25.8 Å². The molecular weight excluding hydrogens is 278 g/mol. The van der Waals surface area contributed by atoms with Crippen LogP contribution in [0.3, 0.4) is 0 Å². The van der Waals surface area contributed by atoms with E-state index in [0.29, 0.717) is 17.1 Å². The molecular formula is C13H11N3O3S. The number of aromatic nitrogens is 3. The van der Waals surface area contributed by atoms with E-state index in [9.17, 15) is 9.90 Å². The van der Waals surface area contributed by atoms with Gasteiger partial charge in [-0.15, -0.1) is 11.3 Å². The Morgan fingerprint density at radius 3 is 2.85 bits per heavy atom. The number of nitrogens with zero attached hydrogens (tertiary/aromatic N) is 3. The van der Waals surface area contributed by atoms with Crippen LogP contribution in [0.4, 0.5) is 0 Å². The molecule has 0 spiro atoms. The van der Waals surface area contributed by atoms with Crippen molar-refractivity contribution in [1.29, 1.82) is 0 Å². The van der Waals surface area contributed by atoms with Gasteiger partial charge in [-0.2, -0.15) is 5.10 Å². The molecule has 0 bridgehead atoms. The van der Waals surface area contributed by atoms with Crippen molar-refractivity contribution >= 4 is 17.3 Å². The van der Waals surface area contributed by atoms with Crippen LogP contribution in [-0.2, 0) is 7.05 Å². The van der Waals surface area contributed by atoms with Crippen molar-refractivity contribution in [3.05, 3.63) is 35.1 Å². The highest BCUT2D eigenvalue weighted by Crippen LogP contribution is 2.33. The maximum absolute atomic E-state index is 11.3. The van der Waals surface area contributed by atoms with E-state index < -0.39 is 5.97 Å². The molecule has 3 aromatic rings. The molecule has 0 aliphatic heterocycles. The van der Waals surface area contributed by atoms with Gasteiger partial charge < -0.3 is 9.52 Å². The number of aromatic carboxylic acids is 1. The zero-order chi connectivity index (χ0) is 14.3. The third-order valence-electron chi connectivity index (χ3n) is 2.82. The van der Waals surface area contributed by atoms with Crippen LogP contribution in [0.15, 0.2) is 28.1 Å². The molecule has 0 radical (unpaired) electrons. The molecule has 3 aromatic heterocycles. The zero-order valence-corrected chi connectivity index (χ0v) is 11.6. The van der Waals surface area contributed by atoms with Crippen molar-refractivity contribution in [2.75, 3.05) is 0 Å². The van der Waals surface area contributed by atoms with E-state index in [1.807, 2.05) is 17.5 Å². The van der Waals surface area contributed by atoms with Crippen LogP contribution >= 0.6 is 11.3 Å². The molecule has 1 N–H and O–H groups in total. The Kier molecular flexibility index (Phi) is 2.90. The van der Waals surface area contributed by atoms with Gasteiger partial charge in [0.1, 0.15) is 0 Å². The number of carboxylic acid groups (broad SMARTS) is 1. The van der Waals surface area contributed by atoms with E-state index >= 15 is 0 Å². The summed E-state index contributed by atoms with van der Waals surface area (Å²) in [6, 6.07) is 3.70. The van der Waals surface area contributed by atoms with Crippen molar-refractivity contribution < 1.29 is 14.3 Å². The number of thiophene rings is 1. The summed E-state index contributed by atoms with van der Waals surface area (Å²) in [4.78, 5) is 16.2. The van der Waals surface area contributed by atoms with Gasteiger partial charge in [0.25, 0.3) is 0 Å². The van der Waals surface area contributed by atoms with Crippen LogP contribution in [0, 0.1) is 6.92 Å². The summed E-state index contributed by atoms with van der Waals surface area (Å²) < 4.78 is 7.28. The fraction of sp³-hybridized carbons (Fsp3) is 0.154. The summed E-state index contributed by atoms with van der Waals surface area (Å²) in [6.07, 6.45) is 1.72. The number of carboxylic acids is 1. The summed E-state index contributed by atoms with van der Waals surface area (Å²) >= 11 is 1.44. The van der Waals surface area contributed by atoms with Crippen molar-refractivity contribution in [2.45, 2.75) is 6.92 Å². The highest BCUT2D eigenvalue weighted by Gasteiger charge is 2.24. The van der Waals surface area contributed by atoms with Gasteiger partial charge in [-0.1, -0.05) is 6.07 Å². The van der Waals surface area contributed by atoms with Gasteiger partial charge in [0.15, 0.2) is 11.5 Å². The molecule has 0 aliphatic carbocycles. The molecule has 0 saturated carbocycles. The maximum Gasteiger partial charge on any atom is 0.358 e. The quantitative estimate of drug-likeness (QED) is 0.801. The standard InChI is InChI=1S/C13H11N3O3S/c1-7-8(6-16(2)15-7)11-10(13(17)18)14-12(19-11)9-4-3-5-20-9/h3-6H,1-2H3,(H,17,18). The van der Waals surface area contributed by atoms with Gasteiger partial charge in [-0.05, 0) is 18.4 Å². The molecule has 0 unspecified atom stereocenters. The Morgan fingerprint density at radius 2 is 2.30 bits per heavy atom. The average molecular weight is 289 g/mol. The Labute approximate surface area is 118 Å². The number of rotatable bonds is 3. The van der Waals surface area contributed by atoms with Crippen LogP contribution in [0.5, 0.6) is 0 Å². The largest absolute Gasteiger partial charge is 0.476 e. The molecule has 0 atom stereocenters. The van der Waals surface area contributed by atoms with Gasteiger partial charge in [0.2, 0.25) is 5.89 Å². The first kappa shape index (κ1) is 12.6. The van der Waals surface area contributed by atoms with Crippen molar-refractivity contribution in [2.24, 2.45) is 7.05 Å². The molecule has 6 nitrogen and oxygen atoms in total. The maximum atomic E-state index is 11.3. The molecule has 20 heavy (non-hydrogen) atoms. The molecule has 0 fully saturated rings. The van der Waals surface area contributed by atoms with Crippen molar-refractivity contribution in [1.82, 2.24) is 14.8 Å². The van der Waals surface area contributed by atoms with Crippen LogP contribution < -0.4 is 0 Å². The second-order valence-corrected chi connectivity index (χ2v) is 5.23. The Hall–Kier alpha value is -2.41. The lowest BCUT2D eigenvalue weighted by atomic mass is 10.2. The van der Waals surface area contributed by atoms with Gasteiger partial charge in [0, 0.05) is 13.2 Å². The summed E-state index contributed by atoms with van der Waals surface area (Å²) in [5.74, 6) is -0.558. The van der Waals surface area contributed by atoms with E-state index in [1.165, 1.54) is 11.3 Å². The number of aryl methyl sites for hydroxylation is 2. The smallest absolute Gasteiger partial charge is 0.358 e. The van der Waals surface area contributed by atoms with E-state index in [2.05, 4.69) is 10.1 Å². The monoisotopic (exact) mass is 289 g/mol. The Balaban J connectivity index is 2.19. The van der Waals surface area contributed by atoms with Gasteiger partial charge in [-0.3, -0.25) is 4.68 Å². The molecule has 0 aliphatic rings. The highest BCUT2D eigenvalue weighted by molar-refractivity contribution is 7.13. The molecule has 3 rings (SSSR count). The zero-order valence-electron chi connectivity index (χ0n) is 10.8. The second-order valence-electron chi connectivity index (χ2n) is 4.28. The van der Waals surface area contributed by atoms with E-state index in [1.54, 1.807) is 24.9 Å². The van der Waals surface area contributed by atoms with Crippen molar-refractivity contribution in [3.8, 4) is 22.1 Å². The third-order valence-corrected chi connectivity index (χ3v) is 3.68. The molecule has 102 valence electrons. The lowest BCUT2D eigenvalue weighted by Crippen LogP contribution is -1.99. The fourth-order valence-corrected chi connectivity index (χ4v) is 2.62. The van der Waals surface area contributed by atoms with Crippen LogP contribution in [0.2, 0.25) is 0 Å². The molecule has 0 aromatic carbocycles. The molecule has 0 amide bonds. The SMILES string of the molecule is Cc1nn(C)cc1-c1oc(-c2cccs2)nc1C(=O)O. The fourth-order valence-electron chi connectivity index (χ4n) is 1.98. The first-order chi connectivity index (χ1) is 9.56. The topological polar surface area (TPSA) is 81.2 Å². The average Bonchev–Trinajstić information content (AvgIpc) is 3.07. The third kappa shape index (κ3) is 2.01. The van der Waals surface area contributed by atoms with Gasteiger partial charge in [-0.25, -0.2) is 9.78 Å². The highest BCUT2D eigenvalue weighted by atomic mass is 32.1. The van der Waals surface area contributed by atoms with Gasteiger partial charge >= 0.3 is 5.97 Å². The summed E-state index contributed by atoms with van der Waals surface area (Å²) in [5, 5.41) is 15.4. The lowest BCUT2D eigenvalue weighted by molar-refractivity contribution is 0.0691. The molecule has 3 heterocycles. The first-order valence-electron chi connectivity index (χ1n) is 5.85. The number of hydrogen-bond acceptors (Lipinski definition) is 5. The minimum absolute atomic E-state index is 0.0931. The second kappa shape index (κ2) is 4.61. The van der Waals surface area contributed by atoms with Crippen molar-refractivity contribution in [3.63, 3.8) is 0 Å². The Bertz CT molecular complexity index is 771.